The van der Waals surface area contributed by atoms with E-state index >= 15 is 0 Å². The minimum Gasteiger partial charge on any atom is -0.478 e. The Kier molecular flexibility index (Phi) is 5.36. The van der Waals surface area contributed by atoms with Crippen LogP contribution in [0.1, 0.15) is 40.0 Å². The number of carboxylic acids is 1. The number of aromatic carboxylic acids is 1. The molecule has 2 N–H and O–H groups in total. The van der Waals surface area contributed by atoms with E-state index in [4.69, 9.17) is 8.83 Å². The van der Waals surface area contributed by atoms with Gasteiger partial charge in [-0.1, -0.05) is 12.1 Å². The lowest BCUT2D eigenvalue weighted by atomic mass is 9.99. The minimum absolute atomic E-state index is 0.124. The Bertz CT molecular complexity index is 1650. The first-order valence-corrected chi connectivity index (χ1v) is 10.9. The Hall–Kier alpha value is -4.46. The summed E-state index contributed by atoms with van der Waals surface area (Å²) in [6.45, 7) is 5.33. The van der Waals surface area contributed by atoms with Crippen LogP contribution in [0.2, 0.25) is 0 Å². The number of nitrogens with zero attached hydrogens (tertiary/aromatic N) is 1. The number of aryl methyl sites for hydroxylation is 1. The molecule has 0 radical (unpaired) electrons. The summed E-state index contributed by atoms with van der Waals surface area (Å²) in [6, 6.07) is 10.6. The lowest BCUT2D eigenvalue weighted by Gasteiger charge is -2.20. The highest BCUT2D eigenvalue weighted by Gasteiger charge is 2.22. The topological polar surface area (TPSA) is 106 Å². The second-order valence-electron chi connectivity index (χ2n) is 8.47. The predicted molar refractivity (Wildman–Crippen MR) is 130 cm³/mol. The number of fused-ring (bicyclic) bond motifs is 2. The van der Waals surface area contributed by atoms with Gasteiger partial charge in [-0.25, -0.2) is 9.18 Å². The number of furan rings is 1. The average molecular weight is 472 g/mol. The van der Waals surface area contributed by atoms with Crippen molar-refractivity contribution < 1.29 is 23.1 Å². The van der Waals surface area contributed by atoms with Gasteiger partial charge in [-0.2, -0.15) is 0 Å². The summed E-state index contributed by atoms with van der Waals surface area (Å²) in [5, 5.41) is 13.7. The summed E-state index contributed by atoms with van der Waals surface area (Å²) in [6.07, 6.45) is 3.28. The SMILES string of the molecule is Cc1cc([C@@H](C)Nc2cccc(F)c2C(=O)O)c2oc(-c3cc4cnccc4o3)c(C)c(=O)c2c1. The van der Waals surface area contributed by atoms with Gasteiger partial charge in [0.1, 0.15) is 22.5 Å². The van der Waals surface area contributed by atoms with Crippen molar-refractivity contribution in [2.24, 2.45) is 0 Å². The summed E-state index contributed by atoms with van der Waals surface area (Å²) >= 11 is 0. The molecular formula is C27H21FN2O5. The number of anilines is 1. The number of pyridine rings is 1. The molecule has 3 heterocycles. The number of nitrogens with one attached hydrogen (secondary N) is 1. The number of rotatable bonds is 5. The van der Waals surface area contributed by atoms with Gasteiger partial charge >= 0.3 is 5.97 Å². The zero-order valence-electron chi connectivity index (χ0n) is 19.2. The van der Waals surface area contributed by atoms with E-state index < -0.39 is 23.4 Å². The van der Waals surface area contributed by atoms with Gasteiger partial charge in [-0.05, 0) is 56.7 Å². The van der Waals surface area contributed by atoms with Crippen molar-refractivity contribution in [3.05, 3.63) is 93.2 Å². The summed E-state index contributed by atoms with van der Waals surface area (Å²) in [7, 11) is 0. The molecule has 5 rings (SSSR count). The molecule has 8 heteroatoms. The Balaban J connectivity index is 1.68. The third-order valence-electron chi connectivity index (χ3n) is 6.00. The molecule has 0 unspecified atom stereocenters. The molecule has 0 aliphatic rings. The maximum atomic E-state index is 14.2. The van der Waals surface area contributed by atoms with Crippen LogP contribution in [0.5, 0.6) is 0 Å². The fourth-order valence-corrected chi connectivity index (χ4v) is 4.29. The maximum absolute atomic E-state index is 14.2. The molecule has 176 valence electrons. The molecule has 7 nitrogen and oxygen atoms in total. The lowest BCUT2D eigenvalue weighted by Crippen LogP contribution is -2.14. The Morgan fingerprint density at radius 3 is 2.69 bits per heavy atom. The molecule has 0 aliphatic carbocycles. The Morgan fingerprint density at radius 1 is 1.14 bits per heavy atom. The minimum atomic E-state index is -1.38. The maximum Gasteiger partial charge on any atom is 0.340 e. The lowest BCUT2D eigenvalue weighted by molar-refractivity contribution is 0.0693. The zero-order chi connectivity index (χ0) is 24.9. The van der Waals surface area contributed by atoms with Crippen LogP contribution in [0.15, 0.2) is 68.5 Å². The largest absolute Gasteiger partial charge is 0.478 e. The van der Waals surface area contributed by atoms with Crippen LogP contribution in [0.25, 0.3) is 33.5 Å². The molecule has 35 heavy (non-hydrogen) atoms. The molecule has 0 spiro atoms. The third-order valence-corrected chi connectivity index (χ3v) is 6.00. The molecule has 5 aromatic rings. The van der Waals surface area contributed by atoms with Gasteiger partial charge < -0.3 is 19.3 Å². The first kappa shape index (κ1) is 22.3. The highest BCUT2D eigenvalue weighted by atomic mass is 19.1. The van der Waals surface area contributed by atoms with Crippen molar-refractivity contribution in [2.75, 3.05) is 5.32 Å². The number of benzene rings is 2. The molecule has 0 saturated heterocycles. The predicted octanol–water partition coefficient (Wildman–Crippen LogP) is 6.23. The number of carbonyl (C=O) groups is 1. The Morgan fingerprint density at radius 2 is 1.94 bits per heavy atom. The molecule has 3 aromatic heterocycles. The third kappa shape index (κ3) is 3.82. The molecular weight excluding hydrogens is 451 g/mol. The monoisotopic (exact) mass is 472 g/mol. The fraction of sp³-hybridized carbons (Fsp3) is 0.148. The highest BCUT2D eigenvalue weighted by Crippen LogP contribution is 2.34. The summed E-state index contributed by atoms with van der Waals surface area (Å²) in [4.78, 5) is 29.1. The van der Waals surface area contributed by atoms with Crippen LogP contribution in [-0.4, -0.2) is 16.1 Å². The van der Waals surface area contributed by atoms with E-state index in [2.05, 4.69) is 10.3 Å². The van der Waals surface area contributed by atoms with E-state index in [1.165, 1.54) is 12.1 Å². The normalized spacial score (nSPS) is 12.2. The second-order valence-corrected chi connectivity index (χ2v) is 8.47. The quantitative estimate of drug-likeness (QED) is 0.312. The van der Waals surface area contributed by atoms with Crippen molar-refractivity contribution in [3.8, 4) is 11.5 Å². The van der Waals surface area contributed by atoms with Crippen LogP contribution in [0.3, 0.4) is 0 Å². The van der Waals surface area contributed by atoms with Crippen molar-refractivity contribution >= 4 is 33.6 Å². The van der Waals surface area contributed by atoms with E-state index in [-0.39, 0.29) is 11.1 Å². The van der Waals surface area contributed by atoms with Gasteiger partial charge in [0.25, 0.3) is 0 Å². The van der Waals surface area contributed by atoms with E-state index in [9.17, 15) is 19.1 Å². The van der Waals surface area contributed by atoms with Crippen molar-refractivity contribution in [2.45, 2.75) is 26.8 Å². The summed E-state index contributed by atoms with van der Waals surface area (Å²) < 4.78 is 26.4. The summed E-state index contributed by atoms with van der Waals surface area (Å²) in [5.74, 6) is -1.52. The van der Waals surface area contributed by atoms with E-state index in [1.807, 2.05) is 13.0 Å². The van der Waals surface area contributed by atoms with Crippen LogP contribution >= 0.6 is 0 Å². The second kappa shape index (κ2) is 8.39. The van der Waals surface area contributed by atoms with Gasteiger partial charge in [-0.15, -0.1) is 0 Å². The van der Waals surface area contributed by atoms with E-state index in [0.717, 1.165) is 17.0 Å². The average Bonchev–Trinajstić information content (AvgIpc) is 3.25. The number of aromatic nitrogens is 1. The highest BCUT2D eigenvalue weighted by molar-refractivity contribution is 5.95. The Labute approximate surface area is 198 Å². The van der Waals surface area contributed by atoms with Crippen molar-refractivity contribution in [3.63, 3.8) is 0 Å². The van der Waals surface area contributed by atoms with Gasteiger partial charge in [0, 0.05) is 28.9 Å². The number of hydrogen-bond donors (Lipinski definition) is 2. The number of halogens is 1. The summed E-state index contributed by atoms with van der Waals surface area (Å²) in [5.41, 5.74) is 2.28. The van der Waals surface area contributed by atoms with Gasteiger partial charge in [-0.3, -0.25) is 9.78 Å². The molecule has 0 fully saturated rings. The first-order chi connectivity index (χ1) is 16.7. The van der Waals surface area contributed by atoms with Crippen LogP contribution < -0.4 is 10.7 Å². The van der Waals surface area contributed by atoms with Gasteiger partial charge in [0.05, 0.1) is 17.1 Å². The van der Waals surface area contributed by atoms with Crippen LogP contribution in [0.4, 0.5) is 10.1 Å². The smallest absolute Gasteiger partial charge is 0.340 e. The fourth-order valence-electron chi connectivity index (χ4n) is 4.29. The number of carboxylic acid groups (broad SMARTS) is 1. The van der Waals surface area contributed by atoms with Crippen molar-refractivity contribution in [1.29, 1.82) is 0 Å². The van der Waals surface area contributed by atoms with E-state index in [0.29, 0.717) is 39.2 Å². The first-order valence-electron chi connectivity index (χ1n) is 10.9. The standard InChI is InChI=1S/C27H21FN2O5/c1-13-9-17(15(3)30-20-6-4-5-19(28)23(20)27(32)33)26-18(10-13)24(31)14(2)25(35-26)22-11-16-12-29-8-7-21(16)34-22/h4-12,15,30H,1-3H3,(H,32,33)/t15-/m1/s1. The van der Waals surface area contributed by atoms with Gasteiger partial charge in [0.15, 0.2) is 16.9 Å². The zero-order valence-corrected chi connectivity index (χ0v) is 19.2. The van der Waals surface area contributed by atoms with Gasteiger partial charge in [0.2, 0.25) is 0 Å². The molecule has 0 bridgehead atoms. The molecule has 0 saturated carbocycles. The van der Waals surface area contributed by atoms with Crippen LogP contribution in [0, 0.1) is 19.7 Å². The molecule has 0 aliphatic heterocycles. The van der Waals surface area contributed by atoms with Crippen molar-refractivity contribution in [1.82, 2.24) is 4.98 Å². The molecule has 1 atom stereocenters. The van der Waals surface area contributed by atoms with Crippen LogP contribution in [-0.2, 0) is 0 Å². The number of hydrogen-bond acceptors (Lipinski definition) is 6. The van der Waals surface area contributed by atoms with E-state index in [1.54, 1.807) is 44.4 Å². The molecule has 0 amide bonds. The molecule has 2 aromatic carbocycles.